The van der Waals surface area contributed by atoms with E-state index in [0.29, 0.717) is 11.3 Å². The first-order chi connectivity index (χ1) is 13.7. The average Bonchev–Trinajstić information content (AvgIpc) is 3.29. The Balaban J connectivity index is 1.51. The lowest BCUT2D eigenvalue weighted by atomic mass is 10.0. The molecule has 0 aliphatic rings. The third-order valence-corrected chi connectivity index (χ3v) is 4.61. The summed E-state index contributed by atoms with van der Waals surface area (Å²) in [5.41, 5.74) is 4.50. The molecular weight excluding hydrogens is 350 g/mol. The van der Waals surface area contributed by atoms with Gasteiger partial charge in [0.05, 0.1) is 17.3 Å². The van der Waals surface area contributed by atoms with Crippen LogP contribution in [0.1, 0.15) is 28.9 Å². The molecule has 6 heteroatoms. The topological polar surface area (TPSA) is 72.7 Å². The van der Waals surface area contributed by atoms with Crippen LogP contribution in [0.25, 0.3) is 16.8 Å². The van der Waals surface area contributed by atoms with Crippen LogP contribution in [0.5, 0.6) is 0 Å². The normalized spacial score (nSPS) is 11.8. The van der Waals surface area contributed by atoms with E-state index in [1.165, 1.54) is 16.6 Å². The van der Waals surface area contributed by atoms with Gasteiger partial charge in [-0.05, 0) is 46.2 Å². The van der Waals surface area contributed by atoms with Gasteiger partial charge in [-0.1, -0.05) is 66.7 Å². The number of nitrogens with one attached hydrogen (secondary N) is 1. The zero-order valence-electron chi connectivity index (χ0n) is 15.4. The van der Waals surface area contributed by atoms with Crippen molar-refractivity contribution in [3.63, 3.8) is 0 Å². The fourth-order valence-electron chi connectivity index (χ4n) is 3.09. The minimum atomic E-state index is -0.175. The van der Waals surface area contributed by atoms with Crippen LogP contribution < -0.4 is 5.32 Å². The summed E-state index contributed by atoms with van der Waals surface area (Å²) in [6, 6.07) is 25.5. The molecule has 1 aromatic heterocycles. The van der Waals surface area contributed by atoms with Crippen LogP contribution in [0.4, 0.5) is 0 Å². The van der Waals surface area contributed by atoms with Gasteiger partial charge in [0.25, 0.3) is 5.91 Å². The molecule has 4 rings (SSSR count). The molecule has 0 fully saturated rings. The van der Waals surface area contributed by atoms with Crippen molar-refractivity contribution in [2.45, 2.75) is 13.0 Å². The summed E-state index contributed by atoms with van der Waals surface area (Å²) in [5, 5.41) is 14.2. The van der Waals surface area contributed by atoms with Crippen LogP contribution >= 0.6 is 0 Å². The monoisotopic (exact) mass is 369 g/mol. The van der Waals surface area contributed by atoms with Crippen LogP contribution in [-0.2, 0) is 0 Å². The third kappa shape index (κ3) is 3.66. The largest absolute Gasteiger partial charge is 0.345 e. The maximum Gasteiger partial charge on any atom is 0.253 e. The van der Waals surface area contributed by atoms with E-state index in [1.807, 2.05) is 55.5 Å². The molecule has 3 aromatic carbocycles. The maximum absolute atomic E-state index is 12.8. The molecule has 0 saturated carbocycles. The highest BCUT2D eigenvalue weighted by Crippen LogP contribution is 2.22. The number of carbonyl (C=O) groups is 1. The van der Waals surface area contributed by atoms with Gasteiger partial charge in [-0.25, -0.2) is 0 Å². The SMILES string of the molecule is CC(NC(=O)c1ccccc1-n1cnnn1)c1ccc(-c2ccccc2)cc1. The lowest BCUT2D eigenvalue weighted by Crippen LogP contribution is -2.27. The predicted molar refractivity (Wildman–Crippen MR) is 107 cm³/mol. The van der Waals surface area contributed by atoms with E-state index in [4.69, 9.17) is 0 Å². The summed E-state index contributed by atoms with van der Waals surface area (Å²) in [7, 11) is 0. The second-order valence-corrected chi connectivity index (χ2v) is 6.45. The molecule has 0 saturated heterocycles. The number of amides is 1. The van der Waals surface area contributed by atoms with E-state index in [9.17, 15) is 4.79 Å². The van der Waals surface area contributed by atoms with Gasteiger partial charge < -0.3 is 5.32 Å². The fraction of sp³-hybridized carbons (Fsp3) is 0.0909. The lowest BCUT2D eigenvalue weighted by molar-refractivity contribution is 0.0939. The van der Waals surface area contributed by atoms with E-state index >= 15 is 0 Å². The molecule has 0 aliphatic carbocycles. The first-order valence-corrected chi connectivity index (χ1v) is 9.01. The Bertz CT molecular complexity index is 1060. The molecule has 0 aliphatic heterocycles. The van der Waals surface area contributed by atoms with Crippen LogP contribution in [0.15, 0.2) is 85.2 Å². The van der Waals surface area contributed by atoms with Crippen molar-refractivity contribution in [2.75, 3.05) is 0 Å². The summed E-state index contributed by atoms with van der Waals surface area (Å²) >= 11 is 0. The maximum atomic E-state index is 12.8. The third-order valence-electron chi connectivity index (χ3n) is 4.61. The van der Waals surface area contributed by atoms with Crippen molar-refractivity contribution in [3.8, 4) is 16.8 Å². The van der Waals surface area contributed by atoms with Crippen molar-refractivity contribution in [1.29, 1.82) is 0 Å². The van der Waals surface area contributed by atoms with E-state index in [-0.39, 0.29) is 11.9 Å². The van der Waals surface area contributed by atoms with Crippen LogP contribution in [-0.4, -0.2) is 26.1 Å². The second-order valence-electron chi connectivity index (χ2n) is 6.45. The summed E-state index contributed by atoms with van der Waals surface area (Å²) in [5.74, 6) is -0.175. The zero-order chi connectivity index (χ0) is 19.3. The molecule has 0 radical (unpaired) electrons. The number of hydrogen-bond donors (Lipinski definition) is 1. The summed E-state index contributed by atoms with van der Waals surface area (Å²) in [6.45, 7) is 1.97. The van der Waals surface area contributed by atoms with Crippen molar-refractivity contribution in [2.24, 2.45) is 0 Å². The number of rotatable bonds is 5. The Morgan fingerprint density at radius 3 is 2.29 bits per heavy atom. The zero-order valence-corrected chi connectivity index (χ0v) is 15.4. The van der Waals surface area contributed by atoms with Gasteiger partial charge >= 0.3 is 0 Å². The van der Waals surface area contributed by atoms with Gasteiger partial charge in [-0.15, -0.1) is 5.10 Å². The van der Waals surface area contributed by atoms with E-state index in [1.54, 1.807) is 6.07 Å². The molecule has 138 valence electrons. The van der Waals surface area contributed by atoms with Crippen molar-refractivity contribution in [3.05, 3.63) is 96.3 Å². The van der Waals surface area contributed by atoms with E-state index < -0.39 is 0 Å². The van der Waals surface area contributed by atoms with Crippen LogP contribution in [0.2, 0.25) is 0 Å². The molecule has 4 aromatic rings. The first-order valence-electron chi connectivity index (χ1n) is 9.01. The molecule has 28 heavy (non-hydrogen) atoms. The number of aromatic nitrogens is 4. The standard InChI is InChI=1S/C22H19N5O/c1-16(17-11-13-19(14-12-17)18-7-3-2-4-8-18)24-22(28)20-9-5-6-10-21(20)27-15-23-25-26-27/h2-16H,1H3,(H,24,28). The molecule has 1 atom stereocenters. The van der Waals surface area contributed by atoms with E-state index in [0.717, 1.165) is 11.1 Å². The number of tetrazole rings is 1. The predicted octanol–water partition coefficient (Wildman–Crippen LogP) is 3.82. The van der Waals surface area contributed by atoms with Crippen molar-refractivity contribution < 1.29 is 4.79 Å². The quantitative estimate of drug-likeness (QED) is 0.580. The smallest absolute Gasteiger partial charge is 0.253 e. The number of para-hydroxylation sites is 1. The minimum Gasteiger partial charge on any atom is -0.345 e. The molecule has 1 heterocycles. The highest BCUT2D eigenvalue weighted by atomic mass is 16.1. The van der Waals surface area contributed by atoms with Crippen molar-refractivity contribution in [1.82, 2.24) is 25.5 Å². The van der Waals surface area contributed by atoms with Gasteiger partial charge in [0, 0.05) is 0 Å². The fourth-order valence-corrected chi connectivity index (χ4v) is 3.09. The summed E-state index contributed by atoms with van der Waals surface area (Å²) < 4.78 is 1.48. The van der Waals surface area contributed by atoms with Crippen molar-refractivity contribution >= 4 is 5.91 Å². The Morgan fingerprint density at radius 1 is 0.893 bits per heavy atom. The highest BCUT2D eigenvalue weighted by Gasteiger charge is 2.16. The van der Waals surface area contributed by atoms with E-state index in [2.05, 4.69) is 45.1 Å². The first kappa shape index (κ1) is 17.6. The molecule has 6 nitrogen and oxygen atoms in total. The number of carbonyl (C=O) groups excluding carboxylic acids is 1. The lowest BCUT2D eigenvalue weighted by Gasteiger charge is -2.16. The second kappa shape index (κ2) is 7.84. The number of benzene rings is 3. The minimum absolute atomic E-state index is 0.140. The number of hydrogen-bond acceptors (Lipinski definition) is 4. The summed E-state index contributed by atoms with van der Waals surface area (Å²) in [6.07, 6.45) is 1.47. The molecule has 1 N–H and O–H groups in total. The number of nitrogens with zero attached hydrogens (tertiary/aromatic N) is 4. The summed E-state index contributed by atoms with van der Waals surface area (Å²) in [4.78, 5) is 12.8. The van der Waals surface area contributed by atoms with Crippen LogP contribution in [0.3, 0.4) is 0 Å². The molecular formula is C22H19N5O. The molecule has 1 amide bonds. The molecule has 0 bridgehead atoms. The Labute approximate surface area is 162 Å². The van der Waals surface area contributed by atoms with Gasteiger partial charge in [0.2, 0.25) is 0 Å². The average molecular weight is 369 g/mol. The van der Waals surface area contributed by atoms with Gasteiger partial charge in [0.1, 0.15) is 6.33 Å². The van der Waals surface area contributed by atoms with Crippen LogP contribution in [0, 0.1) is 0 Å². The highest BCUT2D eigenvalue weighted by molar-refractivity contribution is 5.97. The Kier molecular flexibility index (Phi) is 4.93. The molecule has 0 spiro atoms. The Hall–Kier alpha value is -3.80. The van der Waals surface area contributed by atoms with Gasteiger partial charge in [-0.3, -0.25) is 4.79 Å². The Morgan fingerprint density at radius 2 is 1.57 bits per heavy atom. The van der Waals surface area contributed by atoms with Gasteiger partial charge in [-0.2, -0.15) is 4.68 Å². The molecule has 1 unspecified atom stereocenters. The van der Waals surface area contributed by atoms with Gasteiger partial charge in [0.15, 0.2) is 0 Å².